The van der Waals surface area contributed by atoms with Gasteiger partial charge in [-0.2, -0.15) is 0 Å². The van der Waals surface area contributed by atoms with Gasteiger partial charge in [0, 0.05) is 12.6 Å². The first-order valence-corrected chi connectivity index (χ1v) is 5.21. The number of rotatable bonds is 3. The van der Waals surface area contributed by atoms with Gasteiger partial charge in [0.25, 0.3) is 0 Å². The Morgan fingerprint density at radius 2 is 1.93 bits per heavy atom. The van der Waals surface area contributed by atoms with E-state index in [0.29, 0.717) is 6.04 Å². The monoisotopic (exact) mass is 191 g/mol. The zero-order valence-corrected chi connectivity index (χ0v) is 8.53. The van der Waals surface area contributed by atoms with Gasteiger partial charge in [-0.05, 0) is 25.3 Å². The standard InChI is InChI=1S/C12H17NO/c1-9-2-4-10(5-3-9)8-13-11-6-12(14)7-11/h2-5,11-14H,6-8H2,1H3. The van der Waals surface area contributed by atoms with Crippen LogP contribution < -0.4 is 5.32 Å². The number of benzene rings is 1. The molecule has 0 aromatic heterocycles. The van der Waals surface area contributed by atoms with Crippen molar-refractivity contribution in [3.63, 3.8) is 0 Å². The maximum Gasteiger partial charge on any atom is 0.0570 e. The summed E-state index contributed by atoms with van der Waals surface area (Å²) in [6.07, 6.45) is 1.75. The lowest BCUT2D eigenvalue weighted by Gasteiger charge is -2.32. The molecule has 0 bridgehead atoms. The average molecular weight is 191 g/mol. The van der Waals surface area contributed by atoms with Crippen molar-refractivity contribution in [3.8, 4) is 0 Å². The van der Waals surface area contributed by atoms with E-state index in [1.165, 1.54) is 11.1 Å². The quantitative estimate of drug-likeness (QED) is 0.760. The van der Waals surface area contributed by atoms with Crippen LogP contribution in [-0.2, 0) is 6.54 Å². The van der Waals surface area contributed by atoms with Crippen molar-refractivity contribution in [2.75, 3.05) is 0 Å². The Hall–Kier alpha value is -0.860. The van der Waals surface area contributed by atoms with E-state index in [-0.39, 0.29) is 6.10 Å². The van der Waals surface area contributed by atoms with E-state index < -0.39 is 0 Å². The van der Waals surface area contributed by atoms with Crippen LogP contribution in [0.5, 0.6) is 0 Å². The molecule has 2 nitrogen and oxygen atoms in total. The van der Waals surface area contributed by atoms with Crippen molar-refractivity contribution in [2.24, 2.45) is 0 Å². The minimum absolute atomic E-state index is 0.0643. The van der Waals surface area contributed by atoms with Gasteiger partial charge in [0.15, 0.2) is 0 Å². The second-order valence-electron chi connectivity index (χ2n) is 4.19. The van der Waals surface area contributed by atoms with Gasteiger partial charge in [-0.25, -0.2) is 0 Å². The molecule has 2 heteroatoms. The van der Waals surface area contributed by atoms with Gasteiger partial charge >= 0.3 is 0 Å². The predicted molar refractivity (Wildman–Crippen MR) is 57.0 cm³/mol. The topological polar surface area (TPSA) is 32.3 Å². The normalized spacial score (nSPS) is 25.9. The molecule has 14 heavy (non-hydrogen) atoms. The molecule has 1 fully saturated rings. The average Bonchev–Trinajstić information content (AvgIpc) is 2.13. The van der Waals surface area contributed by atoms with Crippen molar-refractivity contribution in [2.45, 2.75) is 38.5 Å². The predicted octanol–water partition coefficient (Wildman–Crippen LogP) is 1.61. The van der Waals surface area contributed by atoms with E-state index in [9.17, 15) is 0 Å². The van der Waals surface area contributed by atoms with Crippen molar-refractivity contribution in [3.05, 3.63) is 35.4 Å². The maximum atomic E-state index is 9.11. The van der Waals surface area contributed by atoms with Crippen LogP contribution >= 0.6 is 0 Å². The molecule has 1 aromatic carbocycles. The van der Waals surface area contributed by atoms with Crippen molar-refractivity contribution >= 4 is 0 Å². The van der Waals surface area contributed by atoms with E-state index >= 15 is 0 Å². The minimum atomic E-state index is -0.0643. The van der Waals surface area contributed by atoms with Crippen LogP contribution in [0.25, 0.3) is 0 Å². The highest BCUT2D eigenvalue weighted by Crippen LogP contribution is 2.19. The van der Waals surface area contributed by atoms with Gasteiger partial charge < -0.3 is 10.4 Å². The zero-order chi connectivity index (χ0) is 9.97. The van der Waals surface area contributed by atoms with Crippen molar-refractivity contribution < 1.29 is 5.11 Å². The Balaban J connectivity index is 1.78. The van der Waals surface area contributed by atoms with Crippen LogP contribution in [0.15, 0.2) is 24.3 Å². The second-order valence-corrected chi connectivity index (χ2v) is 4.19. The van der Waals surface area contributed by atoms with Crippen molar-refractivity contribution in [1.29, 1.82) is 0 Å². The highest BCUT2D eigenvalue weighted by molar-refractivity contribution is 5.21. The summed E-state index contributed by atoms with van der Waals surface area (Å²) in [5.74, 6) is 0. The molecule has 2 N–H and O–H groups in total. The molecule has 0 amide bonds. The summed E-state index contributed by atoms with van der Waals surface area (Å²) < 4.78 is 0. The summed E-state index contributed by atoms with van der Waals surface area (Å²) in [5.41, 5.74) is 2.62. The second kappa shape index (κ2) is 4.11. The summed E-state index contributed by atoms with van der Waals surface area (Å²) in [7, 11) is 0. The SMILES string of the molecule is Cc1ccc(CNC2CC(O)C2)cc1. The third-order valence-corrected chi connectivity index (χ3v) is 2.83. The van der Waals surface area contributed by atoms with E-state index in [0.717, 1.165) is 19.4 Å². The third-order valence-electron chi connectivity index (χ3n) is 2.83. The Morgan fingerprint density at radius 3 is 2.50 bits per heavy atom. The molecule has 0 heterocycles. The lowest BCUT2D eigenvalue weighted by Crippen LogP contribution is -2.43. The molecule has 0 atom stereocenters. The molecule has 2 rings (SSSR count). The fraction of sp³-hybridized carbons (Fsp3) is 0.500. The first kappa shape index (κ1) is 9.69. The molecule has 1 saturated carbocycles. The van der Waals surface area contributed by atoms with Gasteiger partial charge in [0.2, 0.25) is 0 Å². The van der Waals surface area contributed by atoms with Crippen LogP contribution in [0.2, 0.25) is 0 Å². The van der Waals surface area contributed by atoms with E-state index in [1.54, 1.807) is 0 Å². The fourth-order valence-electron chi connectivity index (χ4n) is 1.72. The molecule has 0 saturated heterocycles. The highest BCUT2D eigenvalue weighted by Gasteiger charge is 2.26. The van der Waals surface area contributed by atoms with E-state index in [1.807, 2.05) is 0 Å². The number of aryl methyl sites for hydroxylation is 1. The van der Waals surface area contributed by atoms with Crippen LogP contribution in [0.4, 0.5) is 0 Å². The van der Waals surface area contributed by atoms with Crippen LogP contribution in [0, 0.1) is 6.92 Å². The molecule has 1 aromatic rings. The van der Waals surface area contributed by atoms with Crippen LogP contribution in [0.1, 0.15) is 24.0 Å². The lowest BCUT2D eigenvalue weighted by atomic mass is 9.89. The molecule has 1 aliphatic carbocycles. The Morgan fingerprint density at radius 1 is 1.29 bits per heavy atom. The Labute approximate surface area is 85.0 Å². The number of aliphatic hydroxyl groups excluding tert-OH is 1. The van der Waals surface area contributed by atoms with Crippen molar-refractivity contribution in [1.82, 2.24) is 5.32 Å². The first-order valence-electron chi connectivity index (χ1n) is 5.21. The fourth-order valence-corrected chi connectivity index (χ4v) is 1.72. The van der Waals surface area contributed by atoms with Gasteiger partial charge in [-0.3, -0.25) is 0 Å². The van der Waals surface area contributed by atoms with Gasteiger partial charge in [-0.1, -0.05) is 29.8 Å². The number of aliphatic hydroxyl groups is 1. The lowest BCUT2D eigenvalue weighted by molar-refractivity contribution is 0.0619. The van der Waals surface area contributed by atoms with Crippen LogP contribution in [0.3, 0.4) is 0 Å². The Kier molecular flexibility index (Phi) is 2.85. The Bertz CT molecular complexity index is 288. The first-order chi connectivity index (χ1) is 6.74. The molecule has 0 spiro atoms. The smallest absolute Gasteiger partial charge is 0.0570 e. The van der Waals surface area contributed by atoms with Gasteiger partial charge in [-0.15, -0.1) is 0 Å². The summed E-state index contributed by atoms with van der Waals surface area (Å²) in [4.78, 5) is 0. The molecular weight excluding hydrogens is 174 g/mol. The van der Waals surface area contributed by atoms with Crippen LogP contribution in [-0.4, -0.2) is 17.3 Å². The molecule has 0 unspecified atom stereocenters. The zero-order valence-electron chi connectivity index (χ0n) is 8.53. The molecular formula is C12H17NO. The molecule has 76 valence electrons. The summed E-state index contributed by atoms with van der Waals surface area (Å²) >= 11 is 0. The minimum Gasteiger partial charge on any atom is -0.393 e. The summed E-state index contributed by atoms with van der Waals surface area (Å²) in [6.45, 7) is 3.01. The molecule has 0 aliphatic heterocycles. The summed E-state index contributed by atoms with van der Waals surface area (Å²) in [5, 5.41) is 12.5. The van der Waals surface area contributed by atoms with E-state index in [4.69, 9.17) is 5.11 Å². The van der Waals surface area contributed by atoms with E-state index in [2.05, 4.69) is 36.5 Å². The summed E-state index contributed by atoms with van der Waals surface area (Å²) in [6, 6.07) is 9.08. The highest BCUT2D eigenvalue weighted by atomic mass is 16.3. The van der Waals surface area contributed by atoms with Gasteiger partial charge in [0.05, 0.1) is 6.10 Å². The maximum absolute atomic E-state index is 9.11. The number of hydrogen-bond donors (Lipinski definition) is 2. The molecule has 0 radical (unpaired) electrons. The molecule has 1 aliphatic rings. The number of nitrogens with one attached hydrogen (secondary N) is 1. The van der Waals surface area contributed by atoms with Gasteiger partial charge in [0.1, 0.15) is 0 Å². The third kappa shape index (κ3) is 2.34. The largest absolute Gasteiger partial charge is 0.393 e. The number of hydrogen-bond acceptors (Lipinski definition) is 2.